The van der Waals surface area contributed by atoms with Crippen molar-refractivity contribution < 1.29 is 22.8 Å². The highest BCUT2D eigenvalue weighted by molar-refractivity contribution is 5.98. The molecule has 1 saturated heterocycles. The highest BCUT2D eigenvalue weighted by Gasteiger charge is 2.32. The number of ketones is 1. The maximum atomic E-state index is 12.6. The lowest BCUT2D eigenvalue weighted by atomic mass is 9.89. The third kappa shape index (κ3) is 4.09. The fraction of sp³-hybridized carbons (Fsp3) is 0.412. The van der Waals surface area contributed by atoms with Crippen LogP contribution in [0.25, 0.3) is 0 Å². The number of alkyl halides is 3. The predicted molar refractivity (Wildman–Crippen MR) is 85.1 cm³/mol. The molecule has 0 radical (unpaired) electrons. The Bertz CT molecular complexity index is 772. The van der Waals surface area contributed by atoms with Gasteiger partial charge in [0.1, 0.15) is 19.2 Å². The molecule has 0 N–H and O–H groups in total. The molecule has 1 fully saturated rings. The van der Waals surface area contributed by atoms with Gasteiger partial charge in [-0.15, -0.1) is 0 Å². The van der Waals surface area contributed by atoms with Crippen LogP contribution in [0.5, 0.6) is 0 Å². The number of nitrogens with zero attached hydrogens (tertiary/aromatic N) is 4. The third-order valence-electron chi connectivity index (χ3n) is 4.41. The van der Waals surface area contributed by atoms with Gasteiger partial charge in [-0.1, -0.05) is 12.1 Å². The van der Waals surface area contributed by atoms with Gasteiger partial charge < -0.3 is 4.90 Å². The van der Waals surface area contributed by atoms with E-state index >= 15 is 0 Å². The number of hydrogen-bond acceptors (Lipinski definition) is 4. The van der Waals surface area contributed by atoms with Crippen LogP contribution in [0.2, 0.25) is 0 Å². The van der Waals surface area contributed by atoms with E-state index in [2.05, 4.69) is 10.1 Å². The lowest BCUT2D eigenvalue weighted by molar-refractivity contribution is -0.137. The maximum absolute atomic E-state index is 12.6. The van der Waals surface area contributed by atoms with E-state index in [0.29, 0.717) is 19.4 Å². The molecule has 26 heavy (non-hydrogen) atoms. The molecule has 0 bridgehead atoms. The molecule has 1 amide bonds. The highest BCUT2D eigenvalue weighted by atomic mass is 19.4. The molecule has 1 aromatic carbocycles. The first-order valence-electron chi connectivity index (χ1n) is 8.16. The van der Waals surface area contributed by atoms with Gasteiger partial charge in [-0.05, 0) is 25.0 Å². The number of hydrogen-bond donors (Lipinski definition) is 0. The van der Waals surface area contributed by atoms with Crippen LogP contribution in [-0.4, -0.2) is 44.4 Å². The van der Waals surface area contributed by atoms with Crippen molar-refractivity contribution in [2.24, 2.45) is 5.92 Å². The molecule has 0 spiro atoms. The van der Waals surface area contributed by atoms with Gasteiger partial charge in [0.25, 0.3) is 0 Å². The highest BCUT2D eigenvalue weighted by Crippen LogP contribution is 2.30. The molecule has 0 unspecified atom stereocenters. The zero-order valence-electron chi connectivity index (χ0n) is 13.8. The summed E-state index contributed by atoms with van der Waals surface area (Å²) >= 11 is 0. The molecular weight excluding hydrogens is 349 g/mol. The van der Waals surface area contributed by atoms with E-state index in [1.54, 1.807) is 4.90 Å². The fourth-order valence-electron chi connectivity index (χ4n) is 3.03. The summed E-state index contributed by atoms with van der Waals surface area (Å²) in [6.45, 7) is 0.846. The second-order valence-electron chi connectivity index (χ2n) is 6.21. The summed E-state index contributed by atoms with van der Waals surface area (Å²) in [5.74, 6) is -0.822. The minimum atomic E-state index is -4.43. The van der Waals surface area contributed by atoms with Crippen LogP contribution in [0.15, 0.2) is 36.9 Å². The second-order valence-corrected chi connectivity index (χ2v) is 6.21. The first-order chi connectivity index (χ1) is 12.3. The number of halogens is 3. The van der Waals surface area contributed by atoms with Crippen molar-refractivity contribution in [1.29, 1.82) is 0 Å². The van der Waals surface area contributed by atoms with Crippen molar-refractivity contribution in [3.63, 3.8) is 0 Å². The number of aromatic nitrogens is 3. The van der Waals surface area contributed by atoms with Gasteiger partial charge in [-0.3, -0.25) is 9.59 Å². The van der Waals surface area contributed by atoms with E-state index in [4.69, 9.17) is 0 Å². The summed E-state index contributed by atoms with van der Waals surface area (Å²) in [5, 5.41) is 3.88. The average molecular weight is 366 g/mol. The molecule has 2 heterocycles. The van der Waals surface area contributed by atoms with E-state index < -0.39 is 17.7 Å². The topological polar surface area (TPSA) is 68.1 Å². The molecule has 138 valence electrons. The maximum Gasteiger partial charge on any atom is 0.416 e. The second kappa shape index (κ2) is 7.27. The lowest BCUT2D eigenvalue weighted by Crippen LogP contribution is -2.43. The molecule has 6 nitrogen and oxygen atoms in total. The first-order valence-corrected chi connectivity index (χ1v) is 8.16. The van der Waals surface area contributed by atoms with Crippen molar-refractivity contribution in [3.8, 4) is 0 Å². The van der Waals surface area contributed by atoms with Crippen LogP contribution in [-0.2, 0) is 17.5 Å². The van der Waals surface area contributed by atoms with Crippen molar-refractivity contribution in [1.82, 2.24) is 19.7 Å². The van der Waals surface area contributed by atoms with Gasteiger partial charge in [0.15, 0.2) is 5.78 Å². The standard InChI is InChI=1S/C17H17F3N4O2/c18-17(19,20)14-5-3-12(4-6-14)16(26)13-2-1-7-23(8-13)15(25)9-24-11-21-10-22-24/h3-6,10-11,13H,1-2,7-9H2/t13-/m1/s1. The van der Waals surface area contributed by atoms with Crippen LogP contribution in [0.4, 0.5) is 13.2 Å². The Kier molecular flexibility index (Phi) is 5.06. The number of amides is 1. The molecule has 1 aliphatic heterocycles. The van der Waals surface area contributed by atoms with Crippen LogP contribution in [0.1, 0.15) is 28.8 Å². The first kappa shape index (κ1) is 18.1. The summed E-state index contributed by atoms with van der Waals surface area (Å²) in [7, 11) is 0. The van der Waals surface area contributed by atoms with Crippen molar-refractivity contribution >= 4 is 11.7 Å². The molecular formula is C17H17F3N4O2. The molecule has 9 heteroatoms. The summed E-state index contributed by atoms with van der Waals surface area (Å²) in [6, 6.07) is 4.20. The molecule has 2 aromatic rings. The number of carbonyl (C=O) groups is 2. The summed E-state index contributed by atoms with van der Waals surface area (Å²) in [4.78, 5) is 30.3. The largest absolute Gasteiger partial charge is 0.416 e. The average Bonchev–Trinajstić information content (AvgIpc) is 3.13. The predicted octanol–water partition coefficient (Wildman–Crippen LogP) is 2.42. The monoisotopic (exact) mass is 366 g/mol. The van der Waals surface area contributed by atoms with Crippen LogP contribution < -0.4 is 0 Å². The number of Topliss-reactive ketones (excluding diaryl/α,β-unsaturated/α-hetero) is 1. The van der Waals surface area contributed by atoms with E-state index in [1.807, 2.05) is 0 Å². The van der Waals surface area contributed by atoms with Gasteiger partial charge in [0, 0.05) is 24.6 Å². The number of piperidine rings is 1. The van der Waals surface area contributed by atoms with Crippen molar-refractivity contribution in [3.05, 3.63) is 48.0 Å². The summed E-state index contributed by atoms with van der Waals surface area (Å²) < 4.78 is 39.3. The van der Waals surface area contributed by atoms with Gasteiger partial charge in [0.2, 0.25) is 5.91 Å². The van der Waals surface area contributed by atoms with Crippen molar-refractivity contribution in [2.45, 2.75) is 25.6 Å². The molecule has 0 saturated carbocycles. The number of rotatable bonds is 4. The Morgan fingerprint density at radius 3 is 2.54 bits per heavy atom. The Morgan fingerprint density at radius 1 is 1.19 bits per heavy atom. The normalized spacial score (nSPS) is 18.0. The Morgan fingerprint density at radius 2 is 1.92 bits per heavy atom. The summed E-state index contributed by atoms with van der Waals surface area (Å²) in [5.41, 5.74) is -0.559. The molecule has 1 atom stereocenters. The van der Waals surface area contributed by atoms with E-state index in [9.17, 15) is 22.8 Å². The minimum absolute atomic E-state index is 0.0428. The molecule has 1 aliphatic rings. The smallest absolute Gasteiger partial charge is 0.340 e. The van der Waals surface area contributed by atoms with Crippen molar-refractivity contribution in [2.75, 3.05) is 13.1 Å². The van der Waals surface area contributed by atoms with Gasteiger partial charge in [0.05, 0.1) is 5.56 Å². The van der Waals surface area contributed by atoms with Gasteiger partial charge >= 0.3 is 6.18 Å². The SMILES string of the molecule is O=C(c1ccc(C(F)(F)F)cc1)[C@@H]1CCCN(C(=O)Cn2cncn2)C1. The van der Waals surface area contributed by atoms with Crippen LogP contribution in [0.3, 0.4) is 0 Å². The van der Waals surface area contributed by atoms with E-state index in [0.717, 1.165) is 12.1 Å². The third-order valence-corrected chi connectivity index (χ3v) is 4.41. The quantitative estimate of drug-likeness (QED) is 0.780. The summed E-state index contributed by atoms with van der Waals surface area (Å²) in [6.07, 6.45) is -0.392. The van der Waals surface area contributed by atoms with E-state index in [-0.39, 0.29) is 30.3 Å². The number of likely N-dealkylation sites (tertiary alicyclic amines) is 1. The zero-order chi connectivity index (χ0) is 18.7. The Labute approximate surface area is 147 Å². The zero-order valence-corrected chi connectivity index (χ0v) is 13.8. The molecule has 0 aliphatic carbocycles. The number of carbonyl (C=O) groups excluding carboxylic acids is 2. The van der Waals surface area contributed by atoms with Gasteiger partial charge in [-0.2, -0.15) is 18.3 Å². The Hall–Kier alpha value is -2.71. The number of benzene rings is 1. The Balaban J connectivity index is 1.65. The minimum Gasteiger partial charge on any atom is -0.340 e. The fourth-order valence-corrected chi connectivity index (χ4v) is 3.03. The lowest BCUT2D eigenvalue weighted by Gasteiger charge is -2.32. The van der Waals surface area contributed by atoms with Crippen LogP contribution >= 0.6 is 0 Å². The van der Waals surface area contributed by atoms with E-state index in [1.165, 1.54) is 29.5 Å². The van der Waals surface area contributed by atoms with Crippen LogP contribution in [0, 0.1) is 5.92 Å². The molecule has 1 aromatic heterocycles. The van der Waals surface area contributed by atoms with Gasteiger partial charge in [-0.25, -0.2) is 9.67 Å². The molecule has 3 rings (SSSR count).